The normalized spacial score (nSPS) is 14.0. The van der Waals surface area contributed by atoms with Crippen LogP contribution in [0.1, 0.15) is 59.8 Å². The lowest BCUT2D eigenvalue weighted by Crippen LogP contribution is -2.13. The molecule has 0 aromatic heterocycles. The van der Waals surface area contributed by atoms with Crippen LogP contribution in [-0.4, -0.2) is 11.1 Å². The summed E-state index contributed by atoms with van der Waals surface area (Å²) >= 11 is 0. The SMILES string of the molecule is CCCC(C)(C)CCCC(C)C(=O)O. The van der Waals surface area contributed by atoms with Crippen molar-refractivity contribution in [3.05, 3.63) is 0 Å². The van der Waals surface area contributed by atoms with Crippen molar-refractivity contribution in [2.24, 2.45) is 11.3 Å². The third-order valence-electron chi connectivity index (χ3n) is 2.84. The molecule has 1 unspecified atom stereocenters. The Hall–Kier alpha value is -0.530. The molecule has 0 heterocycles. The Labute approximate surface area is 87.7 Å². The summed E-state index contributed by atoms with van der Waals surface area (Å²) in [6.07, 6.45) is 5.41. The van der Waals surface area contributed by atoms with Gasteiger partial charge in [-0.3, -0.25) is 4.79 Å². The van der Waals surface area contributed by atoms with E-state index >= 15 is 0 Å². The highest BCUT2D eigenvalue weighted by Crippen LogP contribution is 2.29. The van der Waals surface area contributed by atoms with Gasteiger partial charge in [0.1, 0.15) is 0 Å². The van der Waals surface area contributed by atoms with Crippen molar-refractivity contribution < 1.29 is 9.90 Å². The Kier molecular flexibility index (Phi) is 5.82. The third kappa shape index (κ3) is 6.01. The average molecular weight is 200 g/mol. The maximum absolute atomic E-state index is 10.6. The monoisotopic (exact) mass is 200 g/mol. The van der Waals surface area contributed by atoms with Gasteiger partial charge in [-0.05, 0) is 24.7 Å². The van der Waals surface area contributed by atoms with Crippen LogP contribution in [0.15, 0.2) is 0 Å². The van der Waals surface area contributed by atoms with E-state index in [1.165, 1.54) is 12.8 Å². The fourth-order valence-corrected chi connectivity index (χ4v) is 1.81. The predicted molar refractivity (Wildman–Crippen MR) is 59.3 cm³/mol. The van der Waals surface area contributed by atoms with Gasteiger partial charge in [0.2, 0.25) is 0 Å². The van der Waals surface area contributed by atoms with Gasteiger partial charge in [0.25, 0.3) is 0 Å². The molecule has 1 N–H and O–H groups in total. The van der Waals surface area contributed by atoms with Crippen molar-refractivity contribution in [2.75, 3.05) is 0 Å². The summed E-state index contributed by atoms with van der Waals surface area (Å²) in [6, 6.07) is 0. The van der Waals surface area contributed by atoms with Gasteiger partial charge in [0, 0.05) is 0 Å². The van der Waals surface area contributed by atoms with Crippen LogP contribution >= 0.6 is 0 Å². The first-order valence-electron chi connectivity index (χ1n) is 5.62. The van der Waals surface area contributed by atoms with Gasteiger partial charge in [0.05, 0.1) is 5.92 Å². The van der Waals surface area contributed by atoms with Crippen molar-refractivity contribution in [3.8, 4) is 0 Å². The third-order valence-corrected chi connectivity index (χ3v) is 2.84. The molecule has 14 heavy (non-hydrogen) atoms. The number of carboxylic acids is 1. The van der Waals surface area contributed by atoms with Crippen LogP contribution in [0, 0.1) is 11.3 Å². The van der Waals surface area contributed by atoms with E-state index in [1.54, 1.807) is 6.92 Å². The molecule has 2 nitrogen and oxygen atoms in total. The van der Waals surface area contributed by atoms with E-state index in [4.69, 9.17) is 5.11 Å². The molecule has 0 bridgehead atoms. The van der Waals surface area contributed by atoms with Crippen molar-refractivity contribution in [1.29, 1.82) is 0 Å². The predicted octanol–water partition coefficient (Wildman–Crippen LogP) is 3.70. The van der Waals surface area contributed by atoms with Gasteiger partial charge in [-0.15, -0.1) is 0 Å². The molecule has 0 aliphatic rings. The van der Waals surface area contributed by atoms with Crippen LogP contribution in [0.5, 0.6) is 0 Å². The largest absolute Gasteiger partial charge is 0.481 e. The van der Waals surface area contributed by atoms with E-state index in [2.05, 4.69) is 20.8 Å². The van der Waals surface area contributed by atoms with Crippen LogP contribution in [-0.2, 0) is 4.79 Å². The quantitative estimate of drug-likeness (QED) is 0.680. The topological polar surface area (TPSA) is 37.3 Å². The minimum Gasteiger partial charge on any atom is -0.481 e. The fraction of sp³-hybridized carbons (Fsp3) is 0.917. The van der Waals surface area contributed by atoms with Gasteiger partial charge in [-0.2, -0.15) is 0 Å². The summed E-state index contributed by atoms with van der Waals surface area (Å²) < 4.78 is 0. The molecule has 0 aromatic carbocycles. The lowest BCUT2D eigenvalue weighted by atomic mass is 9.82. The van der Waals surface area contributed by atoms with Gasteiger partial charge in [-0.1, -0.05) is 40.5 Å². The van der Waals surface area contributed by atoms with Crippen molar-refractivity contribution in [2.45, 2.75) is 59.8 Å². The molecular weight excluding hydrogens is 176 g/mol. The van der Waals surface area contributed by atoms with E-state index < -0.39 is 5.97 Å². The Morgan fingerprint density at radius 3 is 2.36 bits per heavy atom. The van der Waals surface area contributed by atoms with E-state index in [0.717, 1.165) is 19.3 Å². The second kappa shape index (κ2) is 6.05. The minimum absolute atomic E-state index is 0.188. The standard InChI is InChI=1S/C12H24O2/c1-5-8-12(3,4)9-6-7-10(2)11(13)14/h10H,5-9H2,1-4H3,(H,13,14). The molecule has 84 valence electrons. The molecular formula is C12H24O2. The lowest BCUT2D eigenvalue weighted by molar-refractivity contribution is -0.141. The number of hydrogen-bond donors (Lipinski definition) is 1. The van der Waals surface area contributed by atoms with Crippen LogP contribution in [0.3, 0.4) is 0 Å². The van der Waals surface area contributed by atoms with E-state index in [0.29, 0.717) is 5.41 Å². The summed E-state index contributed by atoms with van der Waals surface area (Å²) in [5.41, 5.74) is 0.382. The summed E-state index contributed by atoms with van der Waals surface area (Å²) in [5.74, 6) is -0.856. The number of rotatable bonds is 7. The maximum atomic E-state index is 10.6. The van der Waals surface area contributed by atoms with Crippen LogP contribution in [0.25, 0.3) is 0 Å². The first kappa shape index (κ1) is 13.5. The van der Waals surface area contributed by atoms with Crippen LogP contribution < -0.4 is 0 Å². The fourth-order valence-electron chi connectivity index (χ4n) is 1.81. The smallest absolute Gasteiger partial charge is 0.306 e. The van der Waals surface area contributed by atoms with E-state index in [-0.39, 0.29) is 5.92 Å². The summed E-state index contributed by atoms with van der Waals surface area (Å²) in [4.78, 5) is 10.6. The Balaban J connectivity index is 3.67. The van der Waals surface area contributed by atoms with Crippen LogP contribution in [0.2, 0.25) is 0 Å². The molecule has 0 aliphatic carbocycles. The highest BCUT2D eigenvalue weighted by Gasteiger charge is 2.17. The van der Waals surface area contributed by atoms with Crippen molar-refractivity contribution in [1.82, 2.24) is 0 Å². The van der Waals surface area contributed by atoms with Crippen molar-refractivity contribution >= 4 is 5.97 Å². The Bertz CT molecular complexity index is 173. The zero-order valence-electron chi connectivity index (χ0n) is 9.97. The maximum Gasteiger partial charge on any atom is 0.306 e. The summed E-state index contributed by atoms with van der Waals surface area (Å²) in [7, 11) is 0. The Morgan fingerprint density at radius 2 is 1.93 bits per heavy atom. The number of carbonyl (C=O) groups is 1. The molecule has 0 saturated carbocycles. The van der Waals surface area contributed by atoms with Gasteiger partial charge in [-0.25, -0.2) is 0 Å². The molecule has 0 aromatic rings. The zero-order valence-corrected chi connectivity index (χ0v) is 9.97. The molecule has 0 radical (unpaired) electrons. The first-order valence-corrected chi connectivity index (χ1v) is 5.62. The number of carboxylic acid groups (broad SMARTS) is 1. The number of hydrogen-bond acceptors (Lipinski definition) is 1. The number of aliphatic carboxylic acids is 1. The molecule has 0 fully saturated rings. The molecule has 0 saturated heterocycles. The minimum atomic E-state index is -0.668. The molecule has 0 amide bonds. The highest BCUT2D eigenvalue weighted by atomic mass is 16.4. The first-order chi connectivity index (χ1) is 6.39. The van der Waals surface area contributed by atoms with Crippen molar-refractivity contribution in [3.63, 3.8) is 0 Å². The van der Waals surface area contributed by atoms with Gasteiger partial charge < -0.3 is 5.11 Å². The zero-order chi connectivity index (χ0) is 11.2. The summed E-state index contributed by atoms with van der Waals surface area (Å²) in [5, 5.41) is 8.71. The second-order valence-electron chi connectivity index (χ2n) is 5.05. The van der Waals surface area contributed by atoms with Crippen LogP contribution in [0.4, 0.5) is 0 Å². The average Bonchev–Trinajstić information content (AvgIpc) is 2.03. The highest BCUT2D eigenvalue weighted by molar-refractivity contribution is 5.69. The van der Waals surface area contributed by atoms with E-state index in [9.17, 15) is 4.79 Å². The van der Waals surface area contributed by atoms with Gasteiger partial charge >= 0.3 is 5.97 Å². The molecule has 1 atom stereocenters. The Morgan fingerprint density at radius 1 is 1.36 bits per heavy atom. The molecule has 2 heteroatoms. The van der Waals surface area contributed by atoms with E-state index in [1.807, 2.05) is 0 Å². The molecule has 0 rings (SSSR count). The molecule has 0 aliphatic heterocycles. The lowest BCUT2D eigenvalue weighted by Gasteiger charge is -2.24. The van der Waals surface area contributed by atoms with Gasteiger partial charge in [0.15, 0.2) is 0 Å². The second-order valence-corrected chi connectivity index (χ2v) is 5.05. The summed E-state index contributed by atoms with van der Waals surface area (Å²) in [6.45, 7) is 8.51. The molecule has 0 spiro atoms.